The maximum absolute atomic E-state index is 12.7. The van der Waals surface area contributed by atoms with Crippen LogP contribution in [0, 0.1) is 11.8 Å². The third-order valence-corrected chi connectivity index (χ3v) is 6.53. The van der Waals surface area contributed by atoms with E-state index in [1.807, 2.05) is 0 Å². The van der Waals surface area contributed by atoms with Gasteiger partial charge in [-0.2, -0.15) is 0 Å². The summed E-state index contributed by atoms with van der Waals surface area (Å²) in [5.74, 6) is -2.08. The monoisotopic (exact) mass is 427 g/mol. The third kappa shape index (κ3) is 4.30. The zero-order valence-corrected chi connectivity index (χ0v) is 17.1. The van der Waals surface area contributed by atoms with Gasteiger partial charge in [0.25, 0.3) is 11.8 Å². The van der Waals surface area contributed by atoms with Crippen LogP contribution in [0.3, 0.4) is 0 Å². The summed E-state index contributed by atoms with van der Waals surface area (Å²) in [4.78, 5) is 61.3. The number of amides is 4. The minimum Gasteiger partial charge on any atom is -0.481 e. The van der Waals surface area contributed by atoms with Gasteiger partial charge in [-0.05, 0) is 61.8 Å². The van der Waals surface area contributed by atoms with Crippen molar-refractivity contribution < 1.29 is 29.1 Å². The highest BCUT2D eigenvalue weighted by Gasteiger charge is 2.39. The molecule has 4 rings (SSSR count). The molecule has 1 unspecified atom stereocenters. The lowest BCUT2D eigenvalue weighted by molar-refractivity contribution is -0.143. The molecule has 9 heteroatoms. The minimum absolute atomic E-state index is 0.193. The molecular weight excluding hydrogens is 402 g/mol. The van der Waals surface area contributed by atoms with Crippen LogP contribution in [0.15, 0.2) is 18.2 Å². The molecule has 1 saturated heterocycles. The Morgan fingerprint density at radius 2 is 1.84 bits per heavy atom. The van der Waals surface area contributed by atoms with Crippen LogP contribution in [0.4, 0.5) is 0 Å². The lowest BCUT2D eigenvalue weighted by Gasteiger charge is -2.29. The summed E-state index contributed by atoms with van der Waals surface area (Å²) < 4.78 is 0. The van der Waals surface area contributed by atoms with Gasteiger partial charge in [-0.1, -0.05) is 0 Å². The van der Waals surface area contributed by atoms with Gasteiger partial charge in [-0.3, -0.25) is 29.3 Å². The van der Waals surface area contributed by atoms with E-state index < -0.39 is 17.9 Å². The molecule has 1 aromatic rings. The van der Waals surface area contributed by atoms with Crippen LogP contribution in [0.25, 0.3) is 0 Å². The highest BCUT2D eigenvalue weighted by molar-refractivity contribution is 6.06. The van der Waals surface area contributed by atoms with Crippen molar-refractivity contribution in [2.45, 2.75) is 51.1 Å². The number of carboxylic acid groups (broad SMARTS) is 1. The smallest absolute Gasteiger partial charge is 0.306 e. The molecule has 1 atom stereocenters. The van der Waals surface area contributed by atoms with Gasteiger partial charge in [-0.25, -0.2) is 0 Å². The van der Waals surface area contributed by atoms with Crippen molar-refractivity contribution in [3.05, 3.63) is 34.9 Å². The topological polar surface area (TPSA) is 133 Å². The second-order valence-electron chi connectivity index (χ2n) is 8.54. The van der Waals surface area contributed by atoms with Gasteiger partial charge < -0.3 is 15.3 Å². The number of imide groups is 1. The van der Waals surface area contributed by atoms with E-state index in [9.17, 15) is 24.0 Å². The maximum Gasteiger partial charge on any atom is 0.306 e. The normalized spacial score (nSPS) is 25.7. The quantitative estimate of drug-likeness (QED) is 0.602. The molecule has 0 spiro atoms. The van der Waals surface area contributed by atoms with Crippen molar-refractivity contribution in [1.29, 1.82) is 0 Å². The molecular formula is C22H25N3O6. The number of fused-ring (bicyclic) bond motifs is 1. The Kier molecular flexibility index (Phi) is 5.75. The van der Waals surface area contributed by atoms with E-state index in [-0.39, 0.29) is 42.5 Å². The zero-order chi connectivity index (χ0) is 22.1. The van der Waals surface area contributed by atoms with Gasteiger partial charge in [0.15, 0.2) is 0 Å². The molecule has 4 amide bonds. The number of nitrogens with one attached hydrogen (secondary N) is 2. The summed E-state index contributed by atoms with van der Waals surface area (Å²) in [7, 11) is 0. The Bertz CT molecular complexity index is 951. The molecule has 2 heterocycles. The Hall–Kier alpha value is -3.23. The van der Waals surface area contributed by atoms with E-state index in [1.165, 1.54) is 4.90 Å². The summed E-state index contributed by atoms with van der Waals surface area (Å²) in [6.45, 7) is 0.713. The van der Waals surface area contributed by atoms with E-state index in [0.717, 1.165) is 12.8 Å². The Labute approximate surface area is 179 Å². The highest BCUT2D eigenvalue weighted by atomic mass is 16.4. The number of hydrogen-bond donors (Lipinski definition) is 3. The van der Waals surface area contributed by atoms with Crippen molar-refractivity contribution in [1.82, 2.24) is 15.5 Å². The number of carbonyl (C=O) groups is 5. The van der Waals surface area contributed by atoms with Crippen molar-refractivity contribution in [2.24, 2.45) is 11.8 Å². The average Bonchev–Trinajstić information content (AvgIpc) is 3.08. The van der Waals surface area contributed by atoms with Gasteiger partial charge >= 0.3 is 5.97 Å². The average molecular weight is 427 g/mol. The lowest BCUT2D eigenvalue weighted by atomic mass is 9.82. The second kappa shape index (κ2) is 8.49. The first-order valence-electron chi connectivity index (χ1n) is 10.6. The molecule has 1 aliphatic carbocycles. The van der Waals surface area contributed by atoms with E-state index in [4.69, 9.17) is 5.11 Å². The lowest BCUT2D eigenvalue weighted by Crippen LogP contribution is -2.52. The molecule has 2 aliphatic heterocycles. The van der Waals surface area contributed by atoms with Crippen LogP contribution >= 0.6 is 0 Å². The number of hydrogen-bond acceptors (Lipinski definition) is 5. The molecule has 3 aliphatic rings. The fourth-order valence-corrected chi connectivity index (χ4v) is 4.67. The maximum atomic E-state index is 12.7. The number of benzene rings is 1. The van der Waals surface area contributed by atoms with Crippen LogP contribution in [0.5, 0.6) is 0 Å². The Morgan fingerprint density at radius 1 is 1.10 bits per heavy atom. The van der Waals surface area contributed by atoms with Gasteiger partial charge in [0.2, 0.25) is 11.8 Å². The molecule has 31 heavy (non-hydrogen) atoms. The first-order chi connectivity index (χ1) is 14.8. The van der Waals surface area contributed by atoms with Gasteiger partial charge in [0.1, 0.15) is 6.04 Å². The summed E-state index contributed by atoms with van der Waals surface area (Å²) >= 11 is 0. The number of carboxylic acids is 1. The third-order valence-electron chi connectivity index (χ3n) is 6.53. The van der Waals surface area contributed by atoms with Gasteiger partial charge in [-0.15, -0.1) is 0 Å². The molecule has 164 valence electrons. The fourth-order valence-electron chi connectivity index (χ4n) is 4.67. The number of rotatable bonds is 5. The predicted molar refractivity (Wildman–Crippen MR) is 108 cm³/mol. The standard InChI is InChI=1S/C22H25N3O6/c26-18-8-7-17(20(28)24-18)25-11-15-9-14(5-6-16(15)21(25)29)19(27)23-10-12-1-3-13(4-2-12)22(30)31/h5-6,9,12-13,17H,1-4,7-8,10-11H2,(H,23,27)(H,30,31)(H,24,26,28). The molecule has 0 bridgehead atoms. The number of carbonyl (C=O) groups excluding carboxylic acids is 4. The van der Waals surface area contributed by atoms with Gasteiger partial charge in [0, 0.05) is 30.6 Å². The fraction of sp³-hybridized carbons (Fsp3) is 0.500. The highest BCUT2D eigenvalue weighted by Crippen LogP contribution is 2.30. The predicted octanol–water partition coefficient (Wildman–Crippen LogP) is 1.07. The van der Waals surface area contributed by atoms with Crippen LogP contribution in [0.1, 0.15) is 64.8 Å². The first-order valence-corrected chi connectivity index (χ1v) is 10.6. The molecule has 1 aromatic carbocycles. The number of nitrogens with zero attached hydrogens (tertiary/aromatic N) is 1. The van der Waals surface area contributed by atoms with E-state index in [0.29, 0.717) is 42.5 Å². The second-order valence-corrected chi connectivity index (χ2v) is 8.54. The Balaban J connectivity index is 1.36. The molecule has 9 nitrogen and oxygen atoms in total. The first kappa shape index (κ1) is 21.0. The summed E-state index contributed by atoms with van der Waals surface area (Å²) in [5, 5.41) is 14.3. The van der Waals surface area contributed by atoms with Gasteiger partial charge in [0.05, 0.1) is 5.92 Å². The zero-order valence-electron chi connectivity index (χ0n) is 17.1. The summed E-state index contributed by atoms with van der Waals surface area (Å²) in [5.41, 5.74) is 1.59. The van der Waals surface area contributed by atoms with E-state index in [1.54, 1.807) is 18.2 Å². The van der Waals surface area contributed by atoms with E-state index in [2.05, 4.69) is 10.6 Å². The molecule has 3 N–H and O–H groups in total. The van der Waals surface area contributed by atoms with Crippen molar-refractivity contribution in [2.75, 3.05) is 6.54 Å². The SMILES string of the molecule is O=C1CCC(N2Cc3cc(C(=O)NCC4CCC(C(=O)O)CC4)ccc3C2=O)C(=O)N1. The summed E-state index contributed by atoms with van der Waals surface area (Å²) in [6.07, 6.45) is 3.30. The van der Waals surface area contributed by atoms with Crippen molar-refractivity contribution in [3.63, 3.8) is 0 Å². The molecule has 0 radical (unpaired) electrons. The largest absolute Gasteiger partial charge is 0.481 e. The van der Waals surface area contributed by atoms with Crippen LogP contribution in [-0.2, 0) is 20.9 Å². The van der Waals surface area contributed by atoms with Crippen LogP contribution < -0.4 is 10.6 Å². The Morgan fingerprint density at radius 3 is 2.52 bits per heavy atom. The van der Waals surface area contributed by atoms with E-state index >= 15 is 0 Å². The van der Waals surface area contributed by atoms with Crippen LogP contribution in [0.2, 0.25) is 0 Å². The summed E-state index contributed by atoms with van der Waals surface area (Å²) in [6, 6.07) is 4.20. The van der Waals surface area contributed by atoms with Crippen molar-refractivity contribution >= 4 is 29.6 Å². The molecule has 1 saturated carbocycles. The minimum atomic E-state index is -0.749. The van der Waals surface area contributed by atoms with Crippen LogP contribution in [-0.4, -0.2) is 52.2 Å². The number of aliphatic carboxylic acids is 1. The number of piperidine rings is 1. The molecule has 0 aromatic heterocycles. The van der Waals surface area contributed by atoms with Crippen molar-refractivity contribution in [3.8, 4) is 0 Å². The molecule has 2 fully saturated rings.